The molecule has 0 amide bonds. The lowest BCUT2D eigenvalue weighted by molar-refractivity contribution is 0.186. The minimum absolute atomic E-state index is 0.0551. The van der Waals surface area contributed by atoms with Crippen molar-refractivity contribution in [3.63, 3.8) is 0 Å². The SMILES string of the molecule is COCCn1c(-c2ccc(C)cc2)c(-c2ccc(C#N)cc2)nc(C2CCC(N)CC2)c1=O. The summed E-state index contributed by atoms with van der Waals surface area (Å²) in [6.07, 6.45) is 3.53. The maximum atomic E-state index is 13.8. The van der Waals surface area contributed by atoms with Gasteiger partial charge in [-0.25, -0.2) is 4.98 Å². The van der Waals surface area contributed by atoms with Crippen LogP contribution in [0.1, 0.15) is 48.4 Å². The monoisotopic (exact) mass is 442 g/mol. The molecule has 0 spiro atoms. The smallest absolute Gasteiger partial charge is 0.273 e. The first-order valence-electron chi connectivity index (χ1n) is 11.5. The maximum absolute atomic E-state index is 13.8. The molecule has 1 aliphatic rings. The molecule has 6 nitrogen and oxygen atoms in total. The van der Waals surface area contributed by atoms with Gasteiger partial charge in [-0.15, -0.1) is 0 Å². The molecule has 0 unspecified atom stereocenters. The minimum Gasteiger partial charge on any atom is -0.383 e. The van der Waals surface area contributed by atoms with Gasteiger partial charge in [-0.1, -0.05) is 42.0 Å². The van der Waals surface area contributed by atoms with Crippen molar-refractivity contribution in [3.8, 4) is 28.6 Å². The highest BCUT2D eigenvalue weighted by Gasteiger charge is 2.27. The molecule has 0 saturated heterocycles. The van der Waals surface area contributed by atoms with E-state index in [2.05, 4.69) is 6.07 Å². The topological polar surface area (TPSA) is 93.9 Å². The van der Waals surface area contributed by atoms with Gasteiger partial charge >= 0.3 is 0 Å². The van der Waals surface area contributed by atoms with E-state index in [9.17, 15) is 10.1 Å². The van der Waals surface area contributed by atoms with E-state index in [-0.39, 0.29) is 17.5 Å². The largest absolute Gasteiger partial charge is 0.383 e. The lowest BCUT2D eigenvalue weighted by Crippen LogP contribution is -2.33. The summed E-state index contributed by atoms with van der Waals surface area (Å²) in [7, 11) is 1.64. The highest BCUT2D eigenvalue weighted by atomic mass is 16.5. The van der Waals surface area contributed by atoms with E-state index < -0.39 is 0 Å². The molecule has 1 aromatic heterocycles. The van der Waals surface area contributed by atoms with Gasteiger partial charge in [0, 0.05) is 36.7 Å². The van der Waals surface area contributed by atoms with Crippen LogP contribution in [0.3, 0.4) is 0 Å². The summed E-state index contributed by atoms with van der Waals surface area (Å²) >= 11 is 0. The van der Waals surface area contributed by atoms with Crippen molar-refractivity contribution in [2.45, 2.75) is 51.1 Å². The van der Waals surface area contributed by atoms with Gasteiger partial charge in [0.2, 0.25) is 0 Å². The molecule has 1 saturated carbocycles. The molecule has 1 fully saturated rings. The average molecular weight is 443 g/mol. The fourth-order valence-electron chi connectivity index (χ4n) is 4.55. The van der Waals surface area contributed by atoms with E-state index in [1.54, 1.807) is 19.2 Å². The summed E-state index contributed by atoms with van der Waals surface area (Å²) in [5, 5.41) is 9.24. The first-order chi connectivity index (χ1) is 16.0. The Kier molecular flexibility index (Phi) is 7.02. The van der Waals surface area contributed by atoms with E-state index in [0.717, 1.165) is 53.8 Å². The van der Waals surface area contributed by atoms with Crippen molar-refractivity contribution in [1.82, 2.24) is 9.55 Å². The normalized spacial score (nSPS) is 18.1. The van der Waals surface area contributed by atoms with Crippen LogP contribution in [0.5, 0.6) is 0 Å². The zero-order chi connectivity index (χ0) is 23.4. The Labute approximate surface area is 194 Å². The third-order valence-corrected chi connectivity index (χ3v) is 6.48. The molecule has 0 bridgehead atoms. The van der Waals surface area contributed by atoms with Crippen LogP contribution < -0.4 is 11.3 Å². The molecule has 33 heavy (non-hydrogen) atoms. The molecule has 0 radical (unpaired) electrons. The Hall–Kier alpha value is -3.27. The van der Waals surface area contributed by atoms with Crippen LogP contribution in [-0.2, 0) is 11.3 Å². The molecule has 2 aromatic carbocycles. The van der Waals surface area contributed by atoms with Crippen LogP contribution in [-0.4, -0.2) is 29.3 Å². The Morgan fingerprint density at radius 1 is 1.06 bits per heavy atom. The fraction of sp³-hybridized carbons (Fsp3) is 0.370. The first kappa shape index (κ1) is 22.9. The van der Waals surface area contributed by atoms with Gasteiger partial charge < -0.3 is 15.0 Å². The molecular formula is C27H30N4O2. The van der Waals surface area contributed by atoms with Crippen LogP contribution in [0.2, 0.25) is 0 Å². The molecule has 0 aliphatic heterocycles. The molecule has 6 heteroatoms. The summed E-state index contributed by atoms with van der Waals surface area (Å²) in [6, 6.07) is 17.9. The number of aromatic nitrogens is 2. The van der Waals surface area contributed by atoms with Crippen molar-refractivity contribution in [2.75, 3.05) is 13.7 Å². The number of benzene rings is 2. The highest BCUT2D eigenvalue weighted by molar-refractivity contribution is 5.78. The third-order valence-electron chi connectivity index (χ3n) is 6.48. The second kappa shape index (κ2) is 10.1. The van der Waals surface area contributed by atoms with Crippen molar-refractivity contribution in [2.24, 2.45) is 5.73 Å². The average Bonchev–Trinajstić information content (AvgIpc) is 2.84. The van der Waals surface area contributed by atoms with Gasteiger partial charge in [-0.3, -0.25) is 4.79 Å². The number of hydrogen-bond donors (Lipinski definition) is 1. The standard InChI is InChI=1S/C27H30N4O2/c1-18-3-7-22(8-4-18)26-24(20-9-5-19(17-28)6-10-20)30-25(21-11-13-23(29)14-12-21)27(32)31(26)15-16-33-2/h3-10,21,23H,11-16,29H2,1-2H3. The van der Waals surface area contributed by atoms with E-state index >= 15 is 0 Å². The van der Waals surface area contributed by atoms with E-state index in [0.29, 0.717) is 24.4 Å². The van der Waals surface area contributed by atoms with E-state index in [4.69, 9.17) is 15.5 Å². The number of rotatable bonds is 6. The van der Waals surface area contributed by atoms with Crippen molar-refractivity contribution in [3.05, 3.63) is 75.7 Å². The predicted octanol–water partition coefficient (Wildman–Crippen LogP) is 4.39. The number of nitriles is 1. The lowest BCUT2D eigenvalue weighted by Gasteiger charge is -2.27. The lowest BCUT2D eigenvalue weighted by atomic mass is 9.84. The summed E-state index contributed by atoms with van der Waals surface area (Å²) in [6.45, 7) is 2.90. The third kappa shape index (κ3) is 4.90. The van der Waals surface area contributed by atoms with Crippen LogP contribution in [0.25, 0.3) is 22.5 Å². The Balaban J connectivity index is 1.97. The molecule has 3 aromatic rings. The predicted molar refractivity (Wildman–Crippen MR) is 130 cm³/mol. The summed E-state index contributed by atoms with van der Waals surface area (Å²) in [5.74, 6) is 0.0929. The van der Waals surface area contributed by atoms with Gasteiger partial charge in [-0.05, 0) is 44.7 Å². The number of ether oxygens (including phenoxy) is 1. The molecule has 4 rings (SSSR count). The molecule has 1 aliphatic carbocycles. The zero-order valence-corrected chi connectivity index (χ0v) is 19.3. The van der Waals surface area contributed by atoms with Crippen LogP contribution in [0.4, 0.5) is 0 Å². The van der Waals surface area contributed by atoms with Crippen molar-refractivity contribution in [1.29, 1.82) is 5.26 Å². The number of methoxy groups -OCH3 is 1. The second-order valence-electron chi connectivity index (χ2n) is 8.81. The summed E-state index contributed by atoms with van der Waals surface area (Å²) in [4.78, 5) is 18.8. The molecular weight excluding hydrogens is 412 g/mol. The van der Waals surface area contributed by atoms with Gasteiger partial charge in [0.1, 0.15) is 5.69 Å². The van der Waals surface area contributed by atoms with Gasteiger partial charge in [0.15, 0.2) is 0 Å². The number of nitrogens with two attached hydrogens (primary N) is 1. The fourth-order valence-corrected chi connectivity index (χ4v) is 4.55. The van der Waals surface area contributed by atoms with Crippen molar-refractivity contribution < 1.29 is 4.74 Å². The second-order valence-corrected chi connectivity index (χ2v) is 8.81. The summed E-state index contributed by atoms with van der Waals surface area (Å²) in [5.41, 5.74) is 11.7. The number of hydrogen-bond acceptors (Lipinski definition) is 5. The molecule has 0 atom stereocenters. The Morgan fingerprint density at radius 3 is 2.30 bits per heavy atom. The van der Waals surface area contributed by atoms with Gasteiger partial charge in [-0.2, -0.15) is 5.26 Å². The van der Waals surface area contributed by atoms with E-state index in [1.165, 1.54) is 0 Å². The Morgan fingerprint density at radius 2 is 1.70 bits per heavy atom. The summed E-state index contributed by atoms with van der Waals surface area (Å²) < 4.78 is 7.17. The van der Waals surface area contributed by atoms with Crippen molar-refractivity contribution >= 4 is 0 Å². The van der Waals surface area contributed by atoms with Crippen LogP contribution in [0, 0.1) is 18.3 Å². The molecule has 1 heterocycles. The molecule has 2 N–H and O–H groups in total. The van der Waals surface area contributed by atoms with Crippen LogP contribution in [0.15, 0.2) is 53.3 Å². The van der Waals surface area contributed by atoms with Crippen LogP contribution >= 0.6 is 0 Å². The van der Waals surface area contributed by atoms with Gasteiger partial charge in [0.25, 0.3) is 5.56 Å². The molecule has 170 valence electrons. The van der Waals surface area contributed by atoms with E-state index in [1.807, 2.05) is 47.9 Å². The van der Waals surface area contributed by atoms with Gasteiger partial charge in [0.05, 0.1) is 29.6 Å². The zero-order valence-electron chi connectivity index (χ0n) is 19.3. The number of nitrogens with zero attached hydrogens (tertiary/aromatic N) is 3. The maximum Gasteiger partial charge on any atom is 0.273 e. The Bertz CT molecular complexity index is 1200. The quantitative estimate of drug-likeness (QED) is 0.611. The number of aryl methyl sites for hydroxylation is 1. The minimum atomic E-state index is -0.0551. The highest BCUT2D eigenvalue weighted by Crippen LogP contribution is 2.35. The first-order valence-corrected chi connectivity index (χ1v) is 11.5.